The first-order valence-corrected chi connectivity index (χ1v) is 7.69. The van der Waals surface area contributed by atoms with E-state index in [0.717, 1.165) is 31.9 Å². The number of nitrogens with one attached hydrogen (secondary N) is 1. The Kier molecular flexibility index (Phi) is 5.38. The monoisotopic (exact) mass is 276 g/mol. The van der Waals surface area contributed by atoms with Crippen LogP contribution in [-0.4, -0.2) is 49.7 Å². The number of aryl methyl sites for hydroxylation is 1. The lowest BCUT2D eigenvalue weighted by Crippen LogP contribution is -2.45. The van der Waals surface area contributed by atoms with Crippen LogP contribution in [0.2, 0.25) is 0 Å². The number of anilines is 1. The number of hydrogen-bond acceptors (Lipinski definition) is 4. The standard InChI is InChI=1S/C16H28N4/c1-5-17-10-14-11-18-13(2)9-16(14)20-8-6-7-15(12-20)19(3)4/h9,11,15,17H,5-8,10,12H2,1-4H3. The first-order valence-electron chi connectivity index (χ1n) is 7.69. The molecule has 0 bridgehead atoms. The molecule has 0 amide bonds. The Balaban J connectivity index is 2.19. The molecule has 4 nitrogen and oxygen atoms in total. The topological polar surface area (TPSA) is 31.4 Å². The predicted octanol–water partition coefficient (Wildman–Crippen LogP) is 2.03. The third-order valence-corrected chi connectivity index (χ3v) is 4.13. The van der Waals surface area contributed by atoms with E-state index in [4.69, 9.17) is 0 Å². The minimum Gasteiger partial charge on any atom is -0.370 e. The smallest absolute Gasteiger partial charge is 0.0446 e. The van der Waals surface area contributed by atoms with E-state index in [1.807, 2.05) is 6.20 Å². The zero-order chi connectivity index (χ0) is 14.5. The molecular weight excluding hydrogens is 248 g/mol. The summed E-state index contributed by atoms with van der Waals surface area (Å²) in [4.78, 5) is 9.35. The van der Waals surface area contributed by atoms with Crippen LogP contribution in [0.1, 0.15) is 31.0 Å². The minimum atomic E-state index is 0.657. The van der Waals surface area contributed by atoms with Crippen LogP contribution in [0.15, 0.2) is 12.3 Å². The third kappa shape index (κ3) is 3.70. The highest BCUT2D eigenvalue weighted by atomic mass is 15.2. The Morgan fingerprint density at radius 1 is 1.45 bits per heavy atom. The van der Waals surface area contributed by atoms with Gasteiger partial charge in [0.15, 0.2) is 0 Å². The number of aromatic nitrogens is 1. The molecule has 0 spiro atoms. The van der Waals surface area contributed by atoms with Gasteiger partial charge in [-0.1, -0.05) is 6.92 Å². The SMILES string of the molecule is CCNCc1cnc(C)cc1N1CCCC(N(C)C)C1. The molecule has 0 saturated carbocycles. The Hall–Kier alpha value is -1.13. The summed E-state index contributed by atoms with van der Waals surface area (Å²) < 4.78 is 0. The van der Waals surface area contributed by atoms with Crippen molar-refractivity contribution >= 4 is 5.69 Å². The second-order valence-electron chi connectivity index (χ2n) is 5.94. The summed E-state index contributed by atoms with van der Waals surface area (Å²) in [5.41, 5.74) is 3.79. The van der Waals surface area contributed by atoms with Gasteiger partial charge in [0.1, 0.15) is 0 Å². The van der Waals surface area contributed by atoms with Crippen LogP contribution in [0.25, 0.3) is 0 Å². The van der Waals surface area contributed by atoms with Crippen molar-refractivity contribution in [1.82, 2.24) is 15.2 Å². The summed E-state index contributed by atoms with van der Waals surface area (Å²) in [6.07, 6.45) is 4.60. The maximum Gasteiger partial charge on any atom is 0.0446 e. The normalized spacial score (nSPS) is 19.6. The fraction of sp³-hybridized carbons (Fsp3) is 0.688. The van der Waals surface area contributed by atoms with Crippen LogP contribution in [0.4, 0.5) is 5.69 Å². The first-order chi connectivity index (χ1) is 9.61. The summed E-state index contributed by atoms with van der Waals surface area (Å²) in [5.74, 6) is 0. The Morgan fingerprint density at radius 3 is 2.95 bits per heavy atom. The Bertz CT molecular complexity index is 430. The zero-order valence-electron chi connectivity index (χ0n) is 13.3. The highest BCUT2D eigenvalue weighted by molar-refractivity contribution is 5.54. The molecule has 1 unspecified atom stereocenters. The van der Waals surface area contributed by atoms with E-state index in [9.17, 15) is 0 Å². The largest absolute Gasteiger partial charge is 0.370 e. The maximum atomic E-state index is 4.46. The molecule has 1 N–H and O–H groups in total. The van der Waals surface area contributed by atoms with Gasteiger partial charge in [0.2, 0.25) is 0 Å². The molecule has 20 heavy (non-hydrogen) atoms. The summed E-state index contributed by atoms with van der Waals surface area (Å²) in [6.45, 7) is 8.40. The molecule has 1 aromatic rings. The molecule has 1 fully saturated rings. The summed E-state index contributed by atoms with van der Waals surface area (Å²) >= 11 is 0. The van der Waals surface area contributed by atoms with Gasteiger partial charge in [-0.05, 0) is 46.5 Å². The second kappa shape index (κ2) is 7.04. The van der Waals surface area contributed by atoms with Crippen LogP contribution < -0.4 is 10.2 Å². The van der Waals surface area contributed by atoms with Gasteiger partial charge in [-0.15, -0.1) is 0 Å². The van der Waals surface area contributed by atoms with Gasteiger partial charge in [-0.3, -0.25) is 4.98 Å². The highest BCUT2D eigenvalue weighted by Gasteiger charge is 2.23. The lowest BCUT2D eigenvalue weighted by molar-refractivity contribution is 0.258. The van der Waals surface area contributed by atoms with Crippen molar-refractivity contribution in [3.63, 3.8) is 0 Å². The summed E-state index contributed by atoms with van der Waals surface area (Å²) in [7, 11) is 4.37. The fourth-order valence-electron chi connectivity index (χ4n) is 2.86. The molecular formula is C16H28N4. The number of likely N-dealkylation sites (N-methyl/N-ethyl adjacent to an activating group) is 1. The molecule has 112 valence electrons. The van der Waals surface area contributed by atoms with E-state index in [2.05, 4.69) is 54.1 Å². The van der Waals surface area contributed by atoms with Gasteiger partial charge in [0.25, 0.3) is 0 Å². The van der Waals surface area contributed by atoms with E-state index in [1.54, 1.807) is 0 Å². The lowest BCUT2D eigenvalue weighted by Gasteiger charge is -2.38. The number of nitrogens with zero attached hydrogens (tertiary/aromatic N) is 3. The lowest BCUT2D eigenvalue weighted by atomic mass is 10.0. The molecule has 4 heteroatoms. The van der Waals surface area contributed by atoms with E-state index < -0.39 is 0 Å². The van der Waals surface area contributed by atoms with E-state index in [-0.39, 0.29) is 0 Å². The predicted molar refractivity (Wildman–Crippen MR) is 85.3 cm³/mol. The molecule has 1 aliphatic rings. The first kappa shape index (κ1) is 15.3. The van der Waals surface area contributed by atoms with Crippen molar-refractivity contribution in [2.75, 3.05) is 38.6 Å². The van der Waals surface area contributed by atoms with Gasteiger partial charge < -0.3 is 15.1 Å². The van der Waals surface area contributed by atoms with E-state index >= 15 is 0 Å². The van der Waals surface area contributed by atoms with Crippen LogP contribution in [0.3, 0.4) is 0 Å². The van der Waals surface area contributed by atoms with E-state index in [1.165, 1.54) is 24.1 Å². The molecule has 0 aliphatic carbocycles. The van der Waals surface area contributed by atoms with Crippen molar-refractivity contribution < 1.29 is 0 Å². The maximum absolute atomic E-state index is 4.46. The molecule has 2 rings (SSSR count). The summed E-state index contributed by atoms with van der Waals surface area (Å²) in [5, 5.41) is 3.42. The average molecular weight is 276 g/mol. The van der Waals surface area contributed by atoms with Crippen molar-refractivity contribution in [2.24, 2.45) is 0 Å². The van der Waals surface area contributed by atoms with Crippen LogP contribution in [0.5, 0.6) is 0 Å². The highest BCUT2D eigenvalue weighted by Crippen LogP contribution is 2.25. The molecule has 1 aliphatic heterocycles. The molecule has 1 atom stereocenters. The van der Waals surface area contributed by atoms with Gasteiger partial charge >= 0.3 is 0 Å². The second-order valence-corrected chi connectivity index (χ2v) is 5.94. The summed E-state index contributed by atoms with van der Waals surface area (Å²) in [6, 6.07) is 2.90. The van der Waals surface area contributed by atoms with Crippen molar-refractivity contribution in [2.45, 2.75) is 39.3 Å². The quantitative estimate of drug-likeness (QED) is 0.891. The minimum absolute atomic E-state index is 0.657. The van der Waals surface area contributed by atoms with Crippen molar-refractivity contribution in [3.05, 3.63) is 23.5 Å². The Labute approximate surface area is 123 Å². The number of piperidine rings is 1. The van der Waals surface area contributed by atoms with Gasteiger partial charge in [0.05, 0.1) is 0 Å². The molecule has 0 radical (unpaired) electrons. The average Bonchev–Trinajstić information content (AvgIpc) is 2.46. The Morgan fingerprint density at radius 2 is 2.25 bits per heavy atom. The van der Waals surface area contributed by atoms with Crippen molar-refractivity contribution in [3.8, 4) is 0 Å². The van der Waals surface area contributed by atoms with Crippen molar-refractivity contribution in [1.29, 1.82) is 0 Å². The number of hydrogen-bond donors (Lipinski definition) is 1. The van der Waals surface area contributed by atoms with Gasteiger partial charge in [0, 0.05) is 48.8 Å². The molecule has 0 aromatic carbocycles. The number of rotatable bonds is 5. The van der Waals surface area contributed by atoms with Gasteiger partial charge in [-0.25, -0.2) is 0 Å². The zero-order valence-corrected chi connectivity index (χ0v) is 13.3. The van der Waals surface area contributed by atoms with E-state index in [0.29, 0.717) is 6.04 Å². The molecule has 1 saturated heterocycles. The van der Waals surface area contributed by atoms with Crippen LogP contribution in [-0.2, 0) is 6.54 Å². The van der Waals surface area contributed by atoms with Gasteiger partial charge in [-0.2, -0.15) is 0 Å². The molecule has 1 aromatic heterocycles. The molecule has 2 heterocycles. The van der Waals surface area contributed by atoms with Crippen LogP contribution >= 0.6 is 0 Å². The fourth-order valence-corrected chi connectivity index (χ4v) is 2.86. The van der Waals surface area contributed by atoms with Crippen LogP contribution in [0, 0.1) is 6.92 Å². The number of pyridine rings is 1. The third-order valence-electron chi connectivity index (χ3n) is 4.13.